The third-order valence-electron chi connectivity index (χ3n) is 1.59. The molecule has 0 amide bonds. The van der Waals surface area contributed by atoms with Crippen LogP contribution in [-0.4, -0.2) is 39.4 Å². The van der Waals surface area contributed by atoms with Crippen LogP contribution >= 0.6 is 0 Å². The Balaban J connectivity index is 2.87. The van der Waals surface area contributed by atoms with Gasteiger partial charge in [0.2, 0.25) is 0 Å². The quantitative estimate of drug-likeness (QED) is 0.406. The Labute approximate surface area is 57.4 Å². The second-order valence-corrected chi connectivity index (χ2v) is 2.25. The number of rotatable bonds is 1. The van der Waals surface area contributed by atoms with Crippen LogP contribution < -0.4 is 0 Å². The SMILES string of the molecule is O=C1C=C[C@@H](O)[C@]1(O)CO. The lowest BCUT2D eigenvalue weighted by Gasteiger charge is -2.21. The summed E-state index contributed by atoms with van der Waals surface area (Å²) in [5.74, 6) is -0.650. The fourth-order valence-electron chi connectivity index (χ4n) is 0.799. The van der Waals surface area contributed by atoms with Gasteiger partial charge >= 0.3 is 0 Å². The first-order chi connectivity index (χ1) is 4.61. The van der Waals surface area contributed by atoms with Gasteiger partial charge in [0.15, 0.2) is 11.4 Å². The number of hydrogen-bond donors (Lipinski definition) is 3. The molecule has 0 aromatic rings. The normalized spacial score (nSPS) is 39.1. The molecule has 1 aliphatic carbocycles. The molecule has 0 fully saturated rings. The smallest absolute Gasteiger partial charge is 0.192 e. The van der Waals surface area contributed by atoms with Crippen molar-refractivity contribution in [2.45, 2.75) is 11.7 Å². The van der Waals surface area contributed by atoms with Crippen molar-refractivity contribution >= 4 is 5.78 Å². The monoisotopic (exact) mass is 144 g/mol. The number of carbonyl (C=O) groups is 1. The topological polar surface area (TPSA) is 77.8 Å². The van der Waals surface area contributed by atoms with Crippen LogP contribution in [-0.2, 0) is 4.79 Å². The van der Waals surface area contributed by atoms with E-state index in [-0.39, 0.29) is 0 Å². The molecule has 0 saturated heterocycles. The van der Waals surface area contributed by atoms with Crippen molar-refractivity contribution in [3.05, 3.63) is 12.2 Å². The summed E-state index contributed by atoms with van der Waals surface area (Å²) in [5.41, 5.74) is -1.99. The lowest BCUT2D eigenvalue weighted by molar-refractivity contribution is -0.144. The van der Waals surface area contributed by atoms with E-state index in [1.807, 2.05) is 0 Å². The molecule has 0 radical (unpaired) electrons. The maximum absolute atomic E-state index is 10.7. The van der Waals surface area contributed by atoms with Crippen LogP contribution in [0.3, 0.4) is 0 Å². The van der Waals surface area contributed by atoms with Gasteiger partial charge in [0.05, 0.1) is 6.61 Å². The van der Waals surface area contributed by atoms with Gasteiger partial charge in [-0.2, -0.15) is 0 Å². The first-order valence-corrected chi connectivity index (χ1v) is 2.85. The van der Waals surface area contributed by atoms with Gasteiger partial charge in [0, 0.05) is 0 Å². The zero-order chi connectivity index (χ0) is 7.78. The van der Waals surface area contributed by atoms with E-state index in [9.17, 15) is 4.79 Å². The molecule has 0 saturated carbocycles. The van der Waals surface area contributed by atoms with Gasteiger partial charge in [-0.3, -0.25) is 4.79 Å². The van der Waals surface area contributed by atoms with E-state index in [0.717, 1.165) is 12.2 Å². The van der Waals surface area contributed by atoms with E-state index < -0.39 is 24.1 Å². The van der Waals surface area contributed by atoms with Crippen molar-refractivity contribution in [1.29, 1.82) is 0 Å². The maximum Gasteiger partial charge on any atom is 0.192 e. The molecule has 0 heterocycles. The van der Waals surface area contributed by atoms with Crippen molar-refractivity contribution in [1.82, 2.24) is 0 Å². The molecule has 0 spiro atoms. The van der Waals surface area contributed by atoms with Gasteiger partial charge in [-0.15, -0.1) is 0 Å². The summed E-state index contributed by atoms with van der Waals surface area (Å²) in [6.07, 6.45) is 0.935. The number of ketones is 1. The van der Waals surface area contributed by atoms with Crippen LogP contribution in [0.2, 0.25) is 0 Å². The summed E-state index contributed by atoms with van der Waals surface area (Å²) in [6.45, 7) is -0.750. The number of carbonyl (C=O) groups excluding carboxylic acids is 1. The molecule has 3 N–H and O–H groups in total. The van der Waals surface area contributed by atoms with E-state index in [2.05, 4.69) is 0 Å². The van der Waals surface area contributed by atoms with Crippen LogP contribution in [0, 0.1) is 0 Å². The van der Waals surface area contributed by atoms with Gasteiger partial charge in [-0.05, 0) is 12.2 Å². The Kier molecular flexibility index (Phi) is 1.60. The predicted molar refractivity (Wildman–Crippen MR) is 32.2 cm³/mol. The molecule has 0 unspecified atom stereocenters. The molecule has 0 aromatic heterocycles. The summed E-state index contributed by atoms with van der Waals surface area (Å²) in [4.78, 5) is 10.7. The zero-order valence-corrected chi connectivity index (χ0v) is 5.19. The first kappa shape index (κ1) is 7.40. The fourth-order valence-corrected chi connectivity index (χ4v) is 0.799. The highest BCUT2D eigenvalue weighted by molar-refractivity contribution is 6.00. The number of aliphatic hydroxyl groups is 3. The van der Waals surface area contributed by atoms with Crippen LogP contribution in [0.15, 0.2) is 12.2 Å². The summed E-state index contributed by atoms with van der Waals surface area (Å²) >= 11 is 0. The van der Waals surface area contributed by atoms with Crippen LogP contribution in [0.5, 0.6) is 0 Å². The Bertz CT molecular complexity index is 186. The van der Waals surface area contributed by atoms with E-state index in [0.29, 0.717) is 0 Å². The molecule has 4 nitrogen and oxygen atoms in total. The summed E-state index contributed by atoms with van der Waals surface area (Å²) in [7, 11) is 0. The minimum Gasteiger partial charge on any atom is -0.393 e. The van der Waals surface area contributed by atoms with Gasteiger partial charge in [0.25, 0.3) is 0 Å². The van der Waals surface area contributed by atoms with E-state index in [1.54, 1.807) is 0 Å². The highest BCUT2D eigenvalue weighted by Crippen LogP contribution is 2.19. The summed E-state index contributed by atoms with van der Waals surface area (Å²) in [6, 6.07) is 0. The van der Waals surface area contributed by atoms with Crippen LogP contribution in [0.1, 0.15) is 0 Å². The van der Waals surface area contributed by atoms with E-state index in [4.69, 9.17) is 15.3 Å². The van der Waals surface area contributed by atoms with Gasteiger partial charge < -0.3 is 15.3 Å². The van der Waals surface area contributed by atoms with Gasteiger partial charge in [-0.1, -0.05) is 0 Å². The largest absolute Gasteiger partial charge is 0.393 e. The Hall–Kier alpha value is -0.710. The van der Waals surface area contributed by atoms with Crippen molar-refractivity contribution in [3.63, 3.8) is 0 Å². The minimum absolute atomic E-state index is 0.650. The molecule has 10 heavy (non-hydrogen) atoms. The van der Waals surface area contributed by atoms with Gasteiger partial charge in [-0.25, -0.2) is 0 Å². The van der Waals surface area contributed by atoms with Crippen molar-refractivity contribution in [3.8, 4) is 0 Å². The molecular formula is C6H8O4. The molecule has 0 aliphatic heterocycles. The first-order valence-electron chi connectivity index (χ1n) is 2.85. The molecule has 2 atom stereocenters. The number of hydrogen-bond acceptors (Lipinski definition) is 4. The number of aliphatic hydroxyl groups excluding tert-OH is 2. The maximum atomic E-state index is 10.7. The average molecular weight is 144 g/mol. The lowest BCUT2D eigenvalue weighted by atomic mass is 9.99. The second kappa shape index (κ2) is 2.16. The molecule has 4 heteroatoms. The third kappa shape index (κ3) is 0.775. The third-order valence-corrected chi connectivity index (χ3v) is 1.59. The predicted octanol–water partition coefficient (Wildman–Crippen LogP) is -1.79. The fraction of sp³-hybridized carbons (Fsp3) is 0.500. The van der Waals surface area contributed by atoms with Gasteiger partial charge in [0.1, 0.15) is 6.10 Å². The standard InChI is InChI=1S/C6H8O4/c7-3-6(10)4(8)1-2-5(6)9/h1-2,4,7-8,10H,3H2/t4-,6-/m1/s1. The van der Waals surface area contributed by atoms with Crippen molar-refractivity contribution in [2.75, 3.05) is 6.61 Å². The molecule has 56 valence electrons. The highest BCUT2D eigenvalue weighted by Gasteiger charge is 2.43. The highest BCUT2D eigenvalue weighted by atomic mass is 16.4. The lowest BCUT2D eigenvalue weighted by Crippen LogP contribution is -2.47. The van der Waals surface area contributed by atoms with E-state index in [1.165, 1.54) is 0 Å². The zero-order valence-electron chi connectivity index (χ0n) is 5.19. The van der Waals surface area contributed by atoms with Crippen LogP contribution in [0.4, 0.5) is 0 Å². The van der Waals surface area contributed by atoms with E-state index >= 15 is 0 Å². The average Bonchev–Trinajstić information content (AvgIpc) is 2.18. The minimum atomic E-state index is -1.99. The van der Waals surface area contributed by atoms with Crippen molar-refractivity contribution in [2.24, 2.45) is 0 Å². The van der Waals surface area contributed by atoms with Crippen molar-refractivity contribution < 1.29 is 20.1 Å². The second-order valence-electron chi connectivity index (χ2n) is 2.25. The molecule has 1 rings (SSSR count). The summed E-state index contributed by atoms with van der Waals surface area (Å²) in [5, 5.41) is 26.5. The molecule has 1 aliphatic rings. The van der Waals surface area contributed by atoms with Crippen LogP contribution in [0.25, 0.3) is 0 Å². The Morgan fingerprint density at radius 3 is 2.50 bits per heavy atom. The Morgan fingerprint density at radius 1 is 1.70 bits per heavy atom. The molecule has 0 aromatic carbocycles. The molecular weight excluding hydrogens is 136 g/mol. The summed E-state index contributed by atoms with van der Waals surface area (Å²) < 4.78 is 0. The Morgan fingerprint density at radius 2 is 2.30 bits per heavy atom. The molecule has 0 bridgehead atoms.